The molecule has 1 aromatic rings. The number of aryl methyl sites for hydroxylation is 1. The van der Waals surface area contributed by atoms with Crippen LogP contribution in [0, 0.1) is 6.92 Å². The number of allylic oxidation sites excluding steroid dienone is 1. The van der Waals surface area contributed by atoms with Gasteiger partial charge in [-0.1, -0.05) is 0 Å². The quantitative estimate of drug-likeness (QED) is 0.711. The highest BCUT2D eigenvalue weighted by atomic mass is 16.4. The molecule has 0 atom stereocenters. The van der Waals surface area contributed by atoms with Crippen molar-refractivity contribution >= 4 is 5.97 Å². The largest absolute Gasteiger partial charge is 0.478 e. The molecule has 0 aliphatic heterocycles. The summed E-state index contributed by atoms with van der Waals surface area (Å²) in [6.45, 7) is 4.25. The van der Waals surface area contributed by atoms with Crippen LogP contribution in [0.2, 0.25) is 0 Å². The Morgan fingerprint density at radius 2 is 2.46 bits per heavy atom. The van der Waals surface area contributed by atoms with E-state index in [1.807, 2.05) is 17.7 Å². The number of carboxylic acids is 1. The van der Waals surface area contributed by atoms with Crippen molar-refractivity contribution in [2.24, 2.45) is 0 Å². The zero-order valence-electron chi connectivity index (χ0n) is 7.69. The average molecular weight is 180 g/mol. The van der Waals surface area contributed by atoms with E-state index in [-0.39, 0.29) is 0 Å². The van der Waals surface area contributed by atoms with E-state index >= 15 is 0 Å². The first-order valence-electron chi connectivity index (χ1n) is 3.97. The molecule has 0 saturated carbocycles. The zero-order chi connectivity index (χ0) is 9.84. The number of rotatable bonds is 3. The van der Waals surface area contributed by atoms with Gasteiger partial charge in [0.2, 0.25) is 0 Å². The minimum Gasteiger partial charge on any atom is -0.478 e. The molecule has 0 fully saturated rings. The minimum atomic E-state index is -0.907. The molecule has 0 radical (unpaired) electrons. The molecule has 0 amide bonds. The van der Waals surface area contributed by atoms with Crippen LogP contribution in [-0.2, 0) is 11.3 Å². The second-order valence-electron chi connectivity index (χ2n) is 2.93. The third-order valence-electron chi connectivity index (χ3n) is 1.71. The second-order valence-corrected chi connectivity index (χ2v) is 2.93. The zero-order valence-corrected chi connectivity index (χ0v) is 7.69. The second kappa shape index (κ2) is 3.89. The molecule has 0 saturated heterocycles. The average Bonchev–Trinajstić information content (AvgIpc) is 2.34. The fraction of sp³-hybridized carbons (Fsp3) is 0.333. The summed E-state index contributed by atoms with van der Waals surface area (Å²) in [5.74, 6) is -0.0200. The summed E-state index contributed by atoms with van der Waals surface area (Å²) >= 11 is 0. The highest BCUT2D eigenvalue weighted by Gasteiger charge is 1.98. The van der Waals surface area contributed by atoms with Crippen LogP contribution in [0.15, 0.2) is 24.0 Å². The molecule has 0 spiro atoms. The number of carbonyl (C=O) groups is 1. The lowest BCUT2D eigenvalue weighted by atomic mass is 10.3. The van der Waals surface area contributed by atoms with Gasteiger partial charge in [-0.2, -0.15) is 0 Å². The van der Waals surface area contributed by atoms with Gasteiger partial charge in [0.15, 0.2) is 0 Å². The maximum Gasteiger partial charge on any atom is 0.328 e. The Morgan fingerprint density at radius 3 is 2.92 bits per heavy atom. The van der Waals surface area contributed by atoms with Crippen molar-refractivity contribution < 1.29 is 9.90 Å². The van der Waals surface area contributed by atoms with Gasteiger partial charge in [0.05, 0.1) is 0 Å². The lowest BCUT2D eigenvalue weighted by molar-refractivity contribution is -0.131. The summed E-state index contributed by atoms with van der Waals surface area (Å²) < 4.78 is 1.90. The molecule has 0 aliphatic rings. The van der Waals surface area contributed by atoms with Gasteiger partial charge in [0, 0.05) is 25.0 Å². The number of carboxylic acid groups (broad SMARTS) is 1. The number of nitrogens with zero attached hydrogens (tertiary/aromatic N) is 2. The molecule has 4 heteroatoms. The van der Waals surface area contributed by atoms with Crippen molar-refractivity contribution in [1.82, 2.24) is 9.55 Å². The fourth-order valence-electron chi connectivity index (χ4n) is 1.10. The van der Waals surface area contributed by atoms with E-state index in [1.165, 1.54) is 6.08 Å². The maximum absolute atomic E-state index is 10.3. The van der Waals surface area contributed by atoms with Crippen molar-refractivity contribution in [3.05, 3.63) is 29.9 Å². The predicted molar refractivity (Wildman–Crippen MR) is 48.4 cm³/mol. The Balaban J connectivity index is 2.70. The molecule has 13 heavy (non-hydrogen) atoms. The molecule has 0 bridgehead atoms. The molecular formula is C9H12N2O2. The summed E-state index contributed by atoms with van der Waals surface area (Å²) in [4.78, 5) is 14.4. The molecule has 0 aliphatic carbocycles. The lowest BCUT2D eigenvalue weighted by Crippen LogP contribution is -2.02. The first-order valence-corrected chi connectivity index (χ1v) is 3.97. The summed E-state index contributed by atoms with van der Waals surface area (Å²) in [6, 6.07) is 0. The molecule has 1 N–H and O–H groups in total. The summed E-state index contributed by atoms with van der Waals surface area (Å²) in [6.07, 6.45) is 4.73. The van der Waals surface area contributed by atoms with Gasteiger partial charge in [0.25, 0.3) is 0 Å². The van der Waals surface area contributed by atoms with Crippen LogP contribution in [0.25, 0.3) is 0 Å². The van der Waals surface area contributed by atoms with Gasteiger partial charge < -0.3 is 9.67 Å². The van der Waals surface area contributed by atoms with Crippen LogP contribution in [-0.4, -0.2) is 20.6 Å². The number of aromatic nitrogens is 2. The van der Waals surface area contributed by atoms with Gasteiger partial charge in [-0.3, -0.25) is 0 Å². The van der Waals surface area contributed by atoms with Crippen LogP contribution >= 0.6 is 0 Å². The lowest BCUT2D eigenvalue weighted by Gasteiger charge is -2.03. The minimum absolute atomic E-state index is 0.581. The number of imidazole rings is 1. The Morgan fingerprint density at radius 1 is 1.77 bits per heavy atom. The SMILES string of the molecule is CC(=CC(=O)O)Cn1ccnc1C. The molecule has 1 rings (SSSR count). The Bertz CT molecular complexity index is 339. The van der Waals surface area contributed by atoms with Crippen LogP contribution in [0.5, 0.6) is 0 Å². The van der Waals surface area contributed by atoms with Crippen molar-refractivity contribution in [3.8, 4) is 0 Å². The van der Waals surface area contributed by atoms with Crippen LogP contribution in [0.1, 0.15) is 12.7 Å². The highest BCUT2D eigenvalue weighted by molar-refractivity contribution is 5.80. The monoisotopic (exact) mass is 180 g/mol. The smallest absolute Gasteiger partial charge is 0.328 e. The van der Waals surface area contributed by atoms with Crippen molar-refractivity contribution in [2.75, 3.05) is 0 Å². The van der Waals surface area contributed by atoms with Crippen LogP contribution in [0.3, 0.4) is 0 Å². The van der Waals surface area contributed by atoms with E-state index in [1.54, 1.807) is 13.1 Å². The Kier molecular flexibility index (Phi) is 2.84. The van der Waals surface area contributed by atoms with Gasteiger partial charge in [-0.25, -0.2) is 9.78 Å². The van der Waals surface area contributed by atoms with Crippen LogP contribution in [0.4, 0.5) is 0 Å². The molecule has 0 unspecified atom stereocenters. The van der Waals surface area contributed by atoms with Crippen molar-refractivity contribution in [1.29, 1.82) is 0 Å². The summed E-state index contributed by atoms with van der Waals surface area (Å²) in [5, 5.41) is 8.48. The van der Waals surface area contributed by atoms with E-state index in [0.717, 1.165) is 11.4 Å². The van der Waals surface area contributed by atoms with Crippen molar-refractivity contribution in [2.45, 2.75) is 20.4 Å². The molecule has 70 valence electrons. The molecule has 1 aromatic heterocycles. The third-order valence-corrected chi connectivity index (χ3v) is 1.71. The number of hydrogen-bond acceptors (Lipinski definition) is 2. The Labute approximate surface area is 76.5 Å². The first-order chi connectivity index (χ1) is 6.09. The standard InChI is InChI=1S/C9H12N2O2/c1-7(5-9(12)13)6-11-4-3-10-8(11)2/h3-5H,6H2,1-2H3,(H,12,13). The van der Waals surface area contributed by atoms with Gasteiger partial charge in [-0.05, 0) is 19.4 Å². The van der Waals surface area contributed by atoms with E-state index in [9.17, 15) is 4.79 Å². The normalized spacial score (nSPS) is 11.7. The molecule has 0 aromatic carbocycles. The van der Waals surface area contributed by atoms with E-state index in [2.05, 4.69) is 4.98 Å². The summed E-state index contributed by atoms with van der Waals surface area (Å²) in [7, 11) is 0. The number of aliphatic carboxylic acids is 1. The molecule has 4 nitrogen and oxygen atoms in total. The van der Waals surface area contributed by atoms with Gasteiger partial charge in [0.1, 0.15) is 5.82 Å². The van der Waals surface area contributed by atoms with Crippen LogP contribution < -0.4 is 0 Å². The van der Waals surface area contributed by atoms with E-state index in [0.29, 0.717) is 6.54 Å². The van der Waals surface area contributed by atoms with E-state index < -0.39 is 5.97 Å². The number of hydrogen-bond donors (Lipinski definition) is 1. The predicted octanol–water partition coefficient (Wildman–Crippen LogP) is 1.22. The fourth-order valence-corrected chi connectivity index (χ4v) is 1.10. The van der Waals surface area contributed by atoms with E-state index in [4.69, 9.17) is 5.11 Å². The molecule has 1 heterocycles. The first kappa shape index (κ1) is 9.51. The molecular weight excluding hydrogens is 168 g/mol. The topological polar surface area (TPSA) is 55.1 Å². The van der Waals surface area contributed by atoms with Gasteiger partial charge >= 0.3 is 5.97 Å². The maximum atomic E-state index is 10.3. The summed E-state index contributed by atoms with van der Waals surface area (Å²) in [5.41, 5.74) is 0.800. The van der Waals surface area contributed by atoms with Crippen molar-refractivity contribution in [3.63, 3.8) is 0 Å². The Hall–Kier alpha value is -1.58. The highest BCUT2D eigenvalue weighted by Crippen LogP contribution is 2.01. The third kappa shape index (κ3) is 2.74. The van der Waals surface area contributed by atoms with Gasteiger partial charge in [-0.15, -0.1) is 0 Å².